The van der Waals surface area contributed by atoms with Crippen LogP contribution >= 0.6 is 11.3 Å². The average Bonchev–Trinajstić information content (AvgIpc) is 3.23. The van der Waals surface area contributed by atoms with Gasteiger partial charge in [0.1, 0.15) is 6.04 Å². The van der Waals surface area contributed by atoms with Gasteiger partial charge in [0, 0.05) is 20.0 Å². The molecule has 0 aliphatic carbocycles. The average molecular weight is 378 g/mol. The SMILES string of the molecule is CN(Cc1ccccc1)C(=O)C(Cc1ccccc1)NC(=O)c1cccs1. The van der Waals surface area contributed by atoms with E-state index in [1.54, 1.807) is 18.0 Å². The first kappa shape index (κ1) is 18.9. The molecule has 2 amide bonds. The zero-order valence-corrected chi connectivity index (χ0v) is 16.0. The highest BCUT2D eigenvalue weighted by atomic mass is 32.1. The minimum absolute atomic E-state index is 0.104. The summed E-state index contributed by atoms with van der Waals surface area (Å²) in [5.41, 5.74) is 2.06. The molecule has 5 heteroatoms. The summed E-state index contributed by atoms with van der Waals surface area (Å²) < 4.78 is 0. The van der Waals surface area contributed by atoms with Crippen LogP contribution in [0.5, 0.6) is 0 Å². The fourth-order valence-corrected chi connectivity index (χ4v) is 3.52. The van der Waals surface area contributed by atoms with E-state index in [2.05, 4.69) is 5.32 Å². The number of rotatable bonds is 7. The van der Waals surface area contributed by atoms with Crippen molar-refractivity contribution in [2.75, 3.05) is 7.05 Å². The third-order valence-electron chi connectivity index (χ3n) is 4.27. The first-order valence-corrected chi connectivity index (χ1v) is 9.68. The Kier molecular flexibility index (Phi) is 6.39. The summed E-state index contributed by atoms with van der Waals surface area (Å²) in [5, 5.41) is 4.77. The monoisotopic (exact) mass is 378 g/mol. The van der Waals surface area contributed by atoms with Gasteiger partial charge in [-0.1, -0.05) is 66.7 Å². The summed E-state index contributed by atoms with van der Waals surface area (Å²) in [4.78, 5) is 27.9. The second kappa shape index (κ2) is 9.14. The molecule has 1 heterocycles. The second-order valence-corrected chi connectivity index (χ2v) is 7.32. The molecule has 2 aromatic carbocycles. The number of nitrogens with zero attached hydrogens (tertiary/aromatic N) is 1. The number of hydrogen-bond acceptors (Lipinski definition) is 3. The van der Waals surface area contributed by atoms with Crippen LogP contribution in [0.25, 0.3) is 0 Å². The highest BCUT2D eigenvalue weighted by Gasteiger charge is 2.25. The van der Waals surface area contributed by atoms with Crippen LogP contribution in [0.4, 0.5) is 0 Å². The van der Waals surface area contributed by atoms with Crippen molar-refractivity contribution in [1.29, 1.82) is 0 Å². The van der Waals surface area contributed by atoms with Crippen molar-refractivity contribution in [3.05, 3.63) is 94.2 Å². The number of hydrogen-bond donors (Lipinski definition) is 1. The van der Waals surface area contributed by atoms with Gasteiger partial charge in [0.15, 0.2) is 0 Å². The first-order valence-electron chi connectivity index (χ1n) is 8.80. The summed E-state index contributed by atoms with van der Waals surface area (Å²) in [6, 6.07) is 22.5. The van der Waals surface area contributed by atoms with Crippen LogP contribution in [0.2, 0.25) is 0 Å². The van der Waals surface area contributed by atoms with Gasteiger partial charge in [0.25, 0.3) is 5.91 Å². The first-order chi connectivity index (χ1) is 13.1. The van der Waals surface area contributed by atoms with Crippen LogP contribution in [0.15, 0.2) is 78.2 Å². The van der Waals surface area contributed by atoms with E-state index in [-0.39, 0.29) is 11.8 Å². The van der Waals surface area contributed by atoms with Crippen molar-refractivity contribution in [3.63, 3.8) is 0 Å². The highest BCUT2D eigenvalue weighted by Crippen LogP contribution is 2.12. The Hall–Kier alpha value is -2.92. The van der Waals surface area contributed by atoms with Gasteiger partial charge in [0.05, 0.1) is 4.88 Å². The summed E-state index contributed by atoms with van der Waals surface area (Å²) in [6.45, 7) is 0.500. The lowest BCUT2D eigenvalue weighted by Crippen LogP contribution is -2.48. The van der Waals surface area contributed by atoms with Gasteiger partial charge >= 0.3 is 0 Å². The molecule has 138 valence electrons. The summed E-state index contributed by atoms with van der Waals surface area (Å²) >= 11 is 1.37. The van der Waals surface area contributed by atoms with E-state index >= 15 is 0 Å². The van der Waals surface area contributed by atoms with Gasteiger partial charge in [-0.25, -0.2) is 0 Å². The zero-order valence-electron chi connectivity index (χ0n) is 15.2. The molecule has 1 unspecified atom stereocenters. The molecule has 1 N–H and O–H groups in total. The summed E-state index contributed by atoms with van der Waals surface area (Å²) in [6.07, 6.45) is 0.454. The van der Waals surface area contributed by atoms with Crippen LogP contribution in [0.1, 0.15) is 20.8 Å². The van der Waals surface area contributed by atoms with Crippen molar-refractivity contribution in [2.24, 2.45) is 0 Å². The van der Waals surface area contributed by atoms with E-state index in [0.29, 0.717) is 17.8 Å². The standard InChI is InChI=1S/C22H22N2O2S/c1-24(16-18-11-6-3-7-12-18)22(26)19(15-17-9-4-2-5-10-17)23-21(25)20-13-8-14-27-20/h2-14,19H,15-16H2,1H3,(H,23,25). The minimum atomic E-state index is -0.615. The topological polar surface area (TPSA) is 49.4 Å². The number of nitrogens with one attached hydrogen (secondary N) is 1. The predicted molar refractivity (Wildman–Crippen MR) is 109 cm³/mol. The number of benzene rings is 2. The Bertz CT molecular complexity index is 864. The molecule has 0 bridgehead atoms. The van der Waals surface area contributed by atoms with Crippen LogP contribution in [-0.4, -0.2) is 29.8 Å². The van der Waals surface area contributed by atoms with Gasteiger partial charge in [0.2, 0.25) is 5.91 Å². The third-order valence-corrected chi connectivity index (χ3v) is 5.14. The quantitative estimate of drug-likeness (QED) is 0.681. The van der Waals surface area contributed by atoms with Gasteiger partial charge in [-0.15, -0.1) is 11.3 Å². The van der Waals surface area contributed by atoms with Gasteiger partial charge < -0.3 is 10.2 Å². The van der Waals surface area contributed by atoms with E-state index in [1.807, 2.05) is 72.1 Å². The molecule has 1 aromatic heterocycles. The Labute approximate surface area is 163 Å². The minimum Gasteiger partial charge on any atom is -0.340 e. The molecule has 0 saturated heterocycles. The lowest BCUT2D eigenvalue weighted by molar-refractivity contribution is -0.132. The molecule has 3 aromatic rings. The normalized spacial score (nSPS) is 11.6. The fourth-order valence-electron chi connectivity index (χ4n) is 2.89. The Balaban J connectivity index is 1.75. The fraction of sp³-hybridized carbons (Fsp3) is 0.182. The Morgan fingerprint density at radius 3 is 2.15 bits per heavy atom. The molecule has 0 fully saturated rings. The van der Waals surface area contributed by atoms with E-state index in [9.17, 15) is 9.59 Å². The van der Waals surface area contributed by atoms with E-state index in [1.165, 1.54) is 11.3 Å². The lowest BCUT2D eigenvalue weighted by atomic mass is 10.0. The third kappa shape index (κ3) is 5.28. The number of likely N-dealkylation sites (N-methyl/N-ethyl adjacent to an activating group) is 1. The molecule has 3 rings (SSSR count). The van der Waals surface area contributed by atoms with Gasteiger partial charge in [-0.2, -0.15) is 0 Å². The largest absolute Gasteiger partial charge is 0.340 e. The number of thiophene rings is 1. The maximum atomic E-state index is 13.1. The van der Waals surface area contributed by atoms with Crippen LogP contribution in [-0.2, 0) is 17.8 Å². The Morgan fingerprint density at radius 2 is 1.56 bits per heavy atom. The summed E-state index contributed by atoms with van der Waals surface area (Å²) in [5.74, 6) is -0.319. The van der Waals surface area contributed by atoms with Crippen molar-refractivity contribution >= 4 is 23.2 Å². The molecule has 4 nitrogen and oxygen atoms in total. The summed E-state index contributed by atoms with van der Waals surface area (Å²) in [7, 11) is 1.77. The van der Waals surface area contributed by atoms with E-state index in [0.717, 1.165) is 11.1 Å². The zero-order chi connectivity index (χ0) is 19.1. The maximum absolute atomic E-state index is 13.1. The predicted octanol–water partition coefficient (Wildman–Crippen LogP) is 3.75. The second-order valence-electron chi connectivity index (χ2n) is 6.37. The number of carbonyl (C=O) groups excluding carboxylic acids is 2. The molecular weight excluding hydrogens is 356 g/mol. The highest BCUT2D eigenvalue weighted by molar-refractivity contribution is 7.12. The maximum Gasteiger partial charge on any atom is 0.262 e. The number of carbonyl (C=O) groups is 2. The Morgan fingerprint density at radius 1 is 0.926 bits per heavy atom. The van der Waals surface area contributed by atoms with Crippen molar-refractivity contribution < 1.29 is 9.59 Å². The molecule has 1 atom stereocenters. The molecule has 0 radical (unpaired) electrons. The van der Waals surface area contributed by atoms with Gasteiger partial charge in [-0.05, 0) is 22.6 Å². The van der Waals surface area contributed by atoms with Crippen molar-refractivity contribution in [3.8, 4) is 0 Å². The van der Waals surface area contributed by atoms with Crippen LogP contribution < -0.4 is 5.32 Å². The lowest BCUT2D eigenvalue weighted by Gasteiger charge is -2.25. The molecule has 0 aliphatic heterocycles. The van der Waals surface area contributed by atoms with Gasteiger partial charge in [-0.3, -0.25) is 9.59 Å². The smallest absolute Gasteiger partial charge is 0.262 e. The van der Waals surface area contributed by atoms with E-state index in [4.69, 9.17) is 0 Å². The van der Waals surface area contributed by atoms with E-state index < -0.39 is 6.04 Å². The van der Waals surface area contributed by atoms with Crippen LogP contribution in [0.3, 0.4) is 0 Å². The van der Waals surface area contributed by atoms with Crippen molar-refractivity contribution in [2.45, 2.75) is 19.0 Å². The molecular formula is C22H22N2O2S. The molecule has 0 saturated carbocycles. The number of amides is 2. The van der Waals surface area contributed by atoms with Crippen molar-refractivity contribution in [1.82, 2.24) is 10.2 Å². The molecule has 0 spiro atoms. The van der Waals surface area contributed by atoms with Crippen LogP contribution in [0, 0.1) is 0 Å². The molecule has 0 aliphatic rings. The molecule has 27 heavy (non-hydrogen) atoms.